The minimum atomic E-state index is -2.40. The molecule has 61 heavy (non-hydrogen) atoms. The van der Waals surface area contributed by atoms with Gasteiger partial charge in [0.2, 0.25) is 5.78 Å². The lowest BCUT2D eigenvalue weighted by Crippen LogP contribution is -2.52. The summed E-state index contributed by atoms with van der Waals surface area (Å²) in [5.41, 5.74) is -4.98. The van der Waals surface area contributed by atoms with E-state index in [1.807, 2.05) is 0 Å². The molecular weight excluding hydrogens is 812 g/mol. The van der Waals surface area contributed by atoms with Crippen LogP contribution in [-0.4, -0.2) is 129 Å². The molecule has 0 bridgehead atoms. The van der Waals surface area contributed by atoms with E-state index in [4.69, 9.17) is 38.3 Å². The zero-order valence-electron chi connectivity index (χ0n) is 32.9. The van der Waals surface area contributed by atoms with Gasteiger partial charge in [-0.05, 0) is 26.0 Å². The number of ketones is 3. The van der Waals surface area contributed by atoms with Crippen LogP contribution in [0.4, 0.5) is 10.5 Å². The second-order valence-electron chi connectivity index (χ2n) is 14.8. The first-order chi connectivity index (χ1) is 28.9. The number of nitro benzene ring substituents is 1. The van der Waals surface area contributed by atoms with Crippen LogP contribution in [0.15, 0.2) is 30.3 Å². The van der Waals surface area contributed by atoms with Gasteiger partial charge in [-0.15, -0.1) is 0 Å². The molecule has 2 aliphatic carbocycles. The molecule has 0 radical (unpaired) electrons. The summed E-state index contributed by atoms with van der Waals surface area (Å²) in [5.74, 6) is -5.92. The van der Waals surface area contributed by atoms with E-state index >= 15 is 0 Å². The Kier molecular flexibility index (Phi) is 11.4. The Morgan fingerprint density at radius 1 is 1.03 bits per heavy atom. The maximum Gasteiger partial charge on any atom is 0.412 e. The number of phenols is 2. The van der Waals surface area contributed by atoms with Crippen LogP contribution in [0.5, 0.6) is 28.7 Å². The number of hydrogen-bond donors (Lipinski definition) is 5. The van der Waals surface area contributed by atoms with Crippen molar-refractivity contribution < 1.29 is 87.6 Å². The SMILES string of the molecule is COc1cc(C(C)OC(=O)N2CO[C@@H]3[C@H](C)O[C@@H](O[C@H]4C[C@](O)(C(=O)CO)Cc5c(O)c6c(c(O)c54)C(=O)c4c(OC)cccc4C6=O)C[C@@H]32)c([N+](=O)[O-])cc1OCC(=O)O. The zero-order chi connectivity index (χ0) is 44.2. The highest BCUT2D eigenvalue weighted by atomic mass is 16.7. The molecule has 0 aromatic heterocycles. The number of aromatic hydroxyl groups is 2. The quantitative estimate of drug-likeness (QED) is 0.0777. The van der Waals surface area contributed by atoms with Gasteiger partial charge in [0.25, 0.3) is 5.69 Å². The lowest BCUT2D eigenvalue weighted by atomic mass is 9.72. The smallest absolute Gasteiger partial charge is 0.412 e. The van der Waals surface area contributed by atoms with Crippen LogP contribution in [0.25, 0.3) is 0 Å². The number of carbonyl (C=O) groups is 5. The molecule has 3 aromatic carbocycles. The summed E-state index contributed by atoms with van der Waals surface area (Å²) in [7, 11) is 2.52. The average Bonchev–Trinajstić information content (AvgIpc) is 3.66. The van der Waals surface area contributed by atoms with Crippen molar-refractivity contribution in [3.8, 4) is 28.7 Å². The van der Waals surface area contributed by atoms with E-state index in [9.17, 15) is 54.5 Å². The van der Waals surface area contributed by atoms with Gasteiger partial charge in [-0.3, -0.25) is 29.4 Å². The van der Waals surface area contributed by atoms with Crippen molar-refractivity contribution in [3.05, 3.63) is 79.4 Å². The van der Waals surface area contributed by atoms with Crippen LogP contribution < -0.4 is 14.2 Å². The first kappa shape index (κ1) is 42.7. The van der Waals surface area contributed by atoms with Gasteiger partial charge in [0.15, 0.2) is 36.0 Å². The molecule has 21 nitrogen and oxygen atoms in total. The van der Waals surface area contributed by atoms with Crippen LogP contribution in [-0.2, 0) is 35.0 Å². The standard InChI is InChI=1S/C40H40N2O19/c1-16(19-8-24(56-4)25(57-14-28(45)46)9-21(19)42(53)54)60-39(51)41-15-58-38-17(2)59-29(10-22(38)41)61-26-12-40(52,27(44)13-43)11-20-31(26)37(50)33-32(35(20)48)34(47)18-6-5-7-23(55-3)30(18)36(33)49/h5-9,16-17,22,26,29,38,43,48,50,52H,10-15H2,1-4H3,(H,45,46)/t16?,17-,22-,26-,29-,38+,40-/m0/s1. The van der Waals surface area contributed by atoms with Crippen molar-refractivity contribution in [1.29, 1.82) is 0 Å². The van der Waals surface area contributed by atoms with Crippen molar-refractivity contribution >= 4 is 35.1 Å². The van der Waals surface area contributed by atoms with E-state index in [-0.39, 0.29) is 58.2 Å². The molecule has 2 aliphatic heterocycles. The van der Waals surface area contributed by atoms with Gasteiger partial charge in [0, 0.05) is 36.0 Å². The molecule has 2 fully saturated rings. The highest BCUT2D eigenvalue weighted by molar-refractivity contribution is 6.31. The van der Waals surface area contributed by atoms with Gasteiger partial charge < -0.3 is 58.7 Å². The van der Waals surface area contributed by atoms with E-state index in [0.29, 0.717) is 0 Å². The molecule has 7 rings (SSSR count). The average molecular weight is 853 g/mol. The molecular formula is C40H40N2O19. The molecule has 7 atom stereocenters. The number of fused-ring (bicyclic) bond motifs is 4. The van der Waals surface area contributed by atoms with E-state index in [2.05, 4.69) is 0 Å². The Labute approximate surface area is 345 Å². The Balaban J connectivity index is 1.18. The first-order valence-electron chi connectivity index (χ1n) is 18.8. The minimum absolute atomic E-state index is 0.0303. The molecule has 1 amide bonds. The predicted octanol–water partition coefficient (Wildman–Crippen LogP) is 2.62. The summed E-state index contributed by atoms with van der Waals surface area (Å²) in [6.07, 6.45) is -8.06. The van der Waals surface area contributed by atoms with Gasteiger partial charge in [0.1, 0.15) is 48.4 Å². The number of phenolic OH excluding ortho intramolecular Hbond substituents is 2. The largest absolute Gasteiger partial charge is 0.507 e. The molecule has 4 aliphatic rings. The lowest BCUT2D eigenvalue weighted by molar-refractivity contribution is -0.386. The summed E-state index contributed by atoms with van der Waals surface area (Å²) < 4.78 is 39.7. The van der Waals surface area contributed by atoms with E-state index in [1.54, 1.807) is 6.92 Å². The maximum atomic E-state index is 14.0. The summed E-state index contributed by atoms with van der Waals surface area (Å²) in [6, 6.07) is 5.55. The Bertz CT molecular complexity index is 2360. The molecule has 324 valence electrons. The van der Waals surface area contributed by atoms with Gasteiger partial charge in [-0.25, -0.2) is 9.59 Å². The number of carbonyl (C=O) groups excluding carboxylic acids is 4. The topological polar surface area (TPSA) is 297 Å². The number of benzene rings is 3. The summed E-state index contributed by atoms with van der Waals surface area (Å²) >= 11 is 0. The number of rotatable bonds is 12. The van der Waals surface area contributed by atoms with Gasteiger partial charge in [-0.1, -0.05) is 12.1 Å². The van der Waals surface area contributed by atoms with Crippen LogP contribution in [0.1, 0.15) is 87.4 Å². The highest BCUT2D eigenvalue weighted by Gasteiger charge is 2.52. The normalized spacial score (nSPS) is 24.4. The molecule has 0 spiro atoms. The second kappa shape index (κ2) is 16.2. The fourth-order valence-electron chi connectivity index (χ4n) is 8.43. The second-order valence-corrected chi connectivity index (χ2v) is 14.8. The Morgan fingerprint density at radius 2 is 1.74 bits per heavy atom. The van der Waals surface area contributed by atoms with Crippen LogP contribution in [0, 0.1) is 10.1 Å². The fourth-order valence-corrected chi connectivity index (χ4v) is 8.43. The zero-order valence-corrected chi connectivity index (χ0v) is 32.9. The fraction of sp³-hybridized carbons (Fsp3) is 0.425. The van der Waals surface area contributed by atoms with Crippen LogP contribution >= 0.6 is 0 Å². The lowest BCUT2D eigenvalue weighted by Gasteiger charge is -2.42. The molecule has 3 aromatic rings. The number of aliphatic hydroxyl groups excluding tert-OH is 1. The third kappa shape index (κ3) is 7.33. The van der Waals surface area contributed by atoms with Crippen LogP contribution in [0.2, 0.25) is 0 Å². The van der Waals surface area contributed by atoms with E-state index in [0.717, 1.165) is 6.07 Å². The monoisotopic (exact) mass is 852 g/mol. The van der Waals surface area contributed by atoms with E-state index < -0.39 is 131 Å². The Hall–Kier alpha value is -6.39. The maximum absolute atomic E-state index is 14.0. The molecule has 21 heteroatoms. The number of hydrogen-bond acceptors (Lipinski definition) is 18. The summed E-state index contributed by atoms with van der Waals surface area (Å²) in [5, 5.41) is 66.0. The molecule has 1 unspecified atom stereocenters. The number of nitro groups is 1. The summed E-state index contributed by atoms with van der Waals surface area (Å²) in [4.78, 5) is 78.2. The number of carboxylic acid groups (broad SMARTS) is 1. The van der Waals surface area contributed by atoms with Crippen molar-refractivity contribution in [3.63, 3.8) is 0 Å². The number of carboxylic acids is 1. The summed E-state index contributed by atoms with van der Waals surface area (Å²) in [6.45, 7) is 0.741. The van der Waals surface area contributed by atoms with Gasteiger partial charge in [0.05, 0.1) is 65.7 Å². The van der Waals surface area contributed by atoms with Gasteiger partial charge >= 0.3 is 12.1 Å². The number of Topliss-reactive ketones (excluding diaryl/α,β-unsaturated/α-hetero) is 1. The third-order valence-electron chi connectivity index (χ3n) is 11.3. The highest BCUT2D eigenvalue weighted by Crippen LogP contribution is 2.53. The van der Waals surface area contributed by atoms with Gasteiger partial charge in [-0.2, -0.15) is 0 Å². The number of aliphatic hydroxyl groups is 2. The molecule has 2 heterocycles. The molecule has 0 saturated carbocycles. The first-order valence-corrected chi connectivity index (χ1v) is 18.8. The predicted molar refractivity (Wildman–Crippen MR) is 201 cm³/mol. The van der Waals surface area contributed by atoms with Crippen molar-refractivity contribution in [1.82, 2.24) is 4.90 Å². The molecule has 2 saturated heterocycles. The number of aliphatic carboxylic acids is 1. The third-order valence-corrected chi connectivity index (χ3v) is 11.3. The number of methoxy groups -OCH3 is 2. The van der Waals surface area contributed by atoms with Crippen molar-refractivity contribution in [2.24, 2.45) is 0 Å². The number of nitrogens with zero attached hydrogens (tertiary/aromatic N) is 2. The number of ether oxygens (including phenoxy) is 7. The minimum Gasteiger partial charge on any atom is -0.507 e. The molecule has 5 N–H and O–H groups in total. The van der Waals surface area contributed by atoms with E-state index in [1.165, 1.54) is 50.3 Å². The Morgan fingerprint density at radius 3 is 2.39 bits per heavy atom. The van der Waals surface area contributed by atoms with Crippen LogP contribution in [0.3, 0.4) is 0 Å². The van der Waals surface area contributed by atoms with Crippen molar-refractivity contribution in [2.45, 2.75) is 75.5 Å². The number of amides is 1. The van der Waals surface area contributed by atoms with Crippen molar-refractivity contribution in [2.75, 3.05) is 34.2 Å².